The Bertz CT molecular complexity index is 811. The normalized spacial score (nSPS) is 14.0. The highest BCUT2D eigenvalue weighted by Crippen LogP contribution is 2.23. The Morgan fingerprint density at radius 2 is 2.07 bits per heavy atom. The Hall–Kier alpha value is -2.83. The molecule has 3 rings (SSSR count). The summed E-state index contributed by atoms with van der Waals surface area (Å²) in [6.45, 7) is 0.973. The molecular formula is C21H26N4O3. The second-order valence-corrected chi connectivity index (χ2v) is 7.22. The molecule has 0 bridgehead atoms. The van der Waals surface area contributed by atoms with E-state index in [4.69, 9.17) is 5.11 Å². The summed E-state index contributed by atoms with van der Waals surface area (Å²) in [7, 11) is 0. The van der Waals surface area contributed by atoms with Gasteiger partial charge in [-0.2, -0.15) is 0 Å². The SMILES string of the molecule is O=C(O)CC(CC(=O)CCCCc1ccc2c(n1)NCCC2)c1cnccn1. The summed E-state index contributed by atoms with van der Waals surface area (Å²) in [6.07, 6.45) is 9.82. The van der Waals surface area contributed by atoms with Crippen LogP contribution < -0.4 is 5.32 Å². The number of fused-ring (bicyclic) bond motifs is 1. The van der Waals surface area contributed by atoms with Gasteiger partial charge in [-0.15, -0.1) is 0 Å². The Kier molecular flexibility index (Phi) is 7.06. The zero-order valence-corrected chi connectivity index (χ0v) is 15.9. The Morgan fingerprint density at radius 1 is 1.18 bits per heavy atom. The summed E-state index contributed by atoms with van der Waals surface area (Å²) >= 11 is 0. The standard InChI is InChI=1S/C21H26N4O3/c26-18(12-16(13-20(27)28)19-14-22-10-11-23-19)6-2-1-5-17-8-7-15-4-3-9-24-21(15)25-17/h7-8,10-11,14,16H,1-6,9,12-13H2,(H,24,25)(H,27,28). The third kappa shape index (κ3) is 5.84. The maximum absolute atomic E-state index is 12.3. The van der Waals surface area contributed by atoms with Gasteiger partial charge in [0.1, 0.15) is 11.6 Å². The number of carboxylic acid groups (broad SMARTS) is 1. The molecule has 148 valence electrons. The van der Waals surface area contributed by atoms with Crippen molar-refractivity contribution in [1.29, 1.82) is 0 Å². The van der Waals surface area contributed by atoms with E-state index in [0.29, 0.717) is 12.1 Å². The van der Waals surface area contributed by atoms with Crippen molar-refractivity contribution in [2.24, 2.45) is 0 Å². The number of carbonyl (C=O) groups is 2. The minimum Gasteiger partial charge on any atom is -0.481 e. The molecule has 1 aliphatic rings. The van der Waals surface area contributed by atoms with Crippen LogP contribution in [0.3, 0.4) is 0 Å². The van der Waals surface area contributed by atoms with Crippen molar-refractivity contribution in [3.63, 3.8) is 0 Å². The highest BCUT2D eigenvalue weighted by molar-refractivity contribution is 5.80. The van der Waals surface area contributed by atoms with Gasteiger partial charge in [0.05, 0.1) is 12.1 Å². The van der Waals surface area contributed by atoms with Crippen LogP contribution in [0.2, 0.25) is 0 Å². The number of carboxylic acids is 1. The zero-order chi connectivity index (χ0) is 19.8. The van der Waals surface area contributed by atoms with Crippen molar-refractivity contribution in [3.05, 3.63) is 47.7 Å². The van der Waals surface area contributed by atoms with E-state index < -0.39 is 11.9 Å². The molecule has 0 amide bonds. The Balaban J connectivity index is 1.45. The lowest BCUT2D eigenvalue weighted by Gasteiger charge is -2.17. The van der Waals surface area contributed by atoms with Crippen molar-refractivity contribution in [2.75, 3.05) is 11.9 Å². The van der Waals surface area contributed by atoms with Gasteiger partial charge in [0.2, 0.25) is 0 Å². The van der Waals surface area contributed by atoms with E-state index in [1.807, 2.05) is 0 Å². The van der Waals surface area contributed by atoms with E-state index in [1.165, 1.54) is 24.2 Å². The van der Waals surface area contributed by atoms with Crippen molar-refractivity contribution >= 4 is 17.6 Å². The van der Waals surface area contributed by atoms with Gasteiger partial charge in [-0.05, 0) is 43.7 Å². The highest BCUT2D eigenvalue weighted by Gasteiger charge is 2.20. The molecule has 2 aromatic rings. The van der Waals surface area contributed by atoms with Crippen molar-refractivity contribution in [1.82, 2.24) is 15.0 Å². The molecule has 0 saturated heterocycles. The van der Waals surface area contributed by atoms with E-state index in [9.17, 15) is 9.59 Å². The first-order valence-electron chi connectivity index (χ1n) is 9.84. The quantitative estimate of drug-likeness (QED) is 0.608. The molecule has 0 saturated carbocycles. The summed E-state index contributed by atoms with van der Waals surface area (Å²) in [5.41, 5.74) is 2.88. The Labute approximate surface area is 164 Å². The highest BCUT2D eigenvalue weighted by atomic mass is 16.4. The molecule has 7 heteroatoms. The van der Waals surface area contributed by atoms with E-state index in [1.54, 1.807) is 0 Å². The van der Waals surface area contributed by atoms with E-state index in [-0.39, 0.29) is 18.6 Å². The molecule has 28 heavy (non-hydrogen) atoms. The second kappa shape index (κ2) is 9.92. The van der Waals surface area contributed by atoms with Gasteiger partial charge in [-0.25, -0.2) is 4.98 Å². The molecule has 0 radical (unpaired) electrons. The van der Waals surface area contributed by atoms with Crippen molar-refractivity contribution in [2.45, 2.75) is 57.3 Å². The summed E-state index contributed by atoms with van der Waals surface area (Å²) in [4.78, 5) is 36.3. The first-order valence-corrected chi connectivity index (χ1v) is 9.84. The van der Waals surface area contributed by atoms with Crippen LogP contribution in [0.15, 0.2) is 30.7 Å². The minimum atomic E-state index is -0.935. The molecular weight excluding hydrogens is 356 g/mol. The van der Waals surface area contributed by atoms with Gasteiger partial charge in [-0.1, -0.05) is 6.07 Å². The van der Waals surface area contributed by atoms with Crippen molar-refractivity contribution < 1.29 is 14.7 Å². The molecule has 2 N–H and O–H groups in total. The van der Waals surface area contributed by atoms with Gasteiger partial charge in [0.15, 0.2) is 0 Å². The number of anilines is 1. The fourth-order valence-electron chi connectivity index (χ4n) is 3.53. The van der Waals surface area contributed by atoms with E-state index >= 15 is 0 Å². The lowest BCUT2D eigenvalue weighted by molar-refractivity contribution is -0.137. The Morgan fingerprint density at radius 3 is 2.86 bits per heavy atom. The van der Waals surface area contributed by atoms with Crippen LogP contribution in [0, 0.1) is 0 Å². The lowest BCUT2D eigenvalue weighted by Crippen LogP contribution is -2.14. The number of nitrogens with zero attached hydrogens (tertiary/aromatic N) is 3. The molecule has 2 aromatic heterocycles. The zero-order valence-electron chi connectivity index (χ0n) is 15.9. The summed E-state index contributed by atoms with van der Waals surface area (Å²) in [6, 6.07) is 4.22. The molecule has 1 unspecified atom stereocenters. The van der Waals surface area contributed by atoms with E-state index in [2.05, 4.69) is 32.4 Å². The largest absolute Gasteiger partial charge is 0.481 e. The molecule has 3 heterocycles. The molecule has 0 fully saturated rings. The lowest BCUT2D eigenvalue weighted by atomic mass is 9.93. The van der Waals surface area contributed by atoms with E-state index in [0.717, 1.165) is 50.2 Å². The summed E-state index contributed by atoms with van der Waals surface area (Å²) in [5.74, 6) is -0.292. The van der Waals surface area contributed by atoms with Crippen LogP contribution in [0.4, 0.5) is 5.82 Å². The van der Waals surface area contributed by atoms with Gasteiger partial charge >= 0.3 is 5.97 Å². The number of unbranched alkanes of at least 4 members (excludes halogenated alkanes) is 1. The third-order valence-electron chi connectivity index (χ3n) is 4.99. The fourth-order valence-corrected chi connectivity index (χ4v) is 3.53. The molecule has 0 aromatic carbocycles. The minimum absolute atomic E-state index is 0.0666. The average Bonchev–Trinajstić information content (AvgIpc) is 2.71. The molecule has 0 spiro atoms. The second-order valence-electron chi connectivity index (χ2n) is 7.22. The van der Waals surface area contributed by atoms with Gasteiger partial charge in [0.25, 0.3) is 0 Å². The summed E-state index contributed by atoms with van der Waals surface area (Å²) < 4.78 is 0. The summed E-state index contributed by atoms with van der Waals surface area (Å²) in [5, 5.41) is 12.5. The number of ketones is 1. The molecule has 1 aliphatic heterocycles. The first kappa shape index (κ1) is 19.9. The van der Waals surface area contributed by atoms with Crippen LogP contribution >= 0.6 is 0 Å². The van der Waals surface area contributed by atoms with Gasteiger partial charge in [0, 0.05) is 49.6 Å². The number of aryl methyl sites for hydroxylation is 2. The fraction of sp³-hybridized carbons (Fsp3) is 0.476. The van der Waals surface area contributed by atoms with Crippen LogP contribution in [0.5, 0.6) is 0 Å². The predicted molar refractivity (Wildman–Crippen MR) is 105 cm³/mol. The van der Waals surface area contributed by atoms with Crippen LogP contribution in [0.1, 0.15) is 61.4 Å². The number of carbonyl (C=O) groups excluding carboxylic acids is 1. The van der Waals surface area contributed by atoms with Crippen LogP contribution in [-0.4, -0.2) is 38.4 Å². The first-order chi connectivity index (χ1) is 13.6. The molecule has 7 nitrogen and oxygen atoms in total. The maximum Gasteiger partial charge on any atom is 0.304 e. The molecule has 1 atom stereocenters. The van der Waals surface area contributed by atoms with Crippen molar-refractivity contribution in [3.8, 4) is 0 Å². The smallest absolute Gasteiger partial charge is 0.304 e. The number of aromatic nitrogens is 3. The average molecular weight is 382 g/mol. The molecule has 0 aliphatic carbocycles. The van der Waals surface area contributed by atoms with Gasteiger partial charge < -0.3 is 10.4 Å². The number of Topliss-reactive ketones (excluding diaryl/α,β-unsaturated/α-hetero) is 1. The van der Waals surface area contributed by atoms with Crippen LogP contribution in [0.25, 0.3) is 0 Å². The number of aliphatic carboxylic acids is 1. The monoisotopic (exact) mass is 382 g/mol. The third-order valence-corrected chi connectivity index (χ3v) is 4.99. The number of nitrogens with one attached hydrogen (secondary N) is 1. The van der Waals surface area contributed by atoms with Gasteiger partial charge in [-0.3, -0.25) is 19.6 Å². The van der Waals surface area contributed by atoms with Crippen LogP contribution in [-0.2, 0) is 22.4 Å². The number of rotatable bonds is 10. The number of pyridine rings is 1. The number of hydrogen-bond acceptors (Lipinski definition) is 6. The number of hydrogen-bond donors (Lipinski definition) is 2. The maximum atomic E-state index is 12.3. The predicted octanol–water partition coefficient (Wildman–Crippen LogP) is 3.16. The topological polar surface area (TPSA) is 105 Å².